The van der Waals surface area contributed by atoms with Crippen molar-refractivity contribution in [3.05, 3.63) is 0 Å². The second-order valence-electron chi connectivity index (χ2n) is 3.31. The summed E-state index contributed by atoms with van der Waals surface area (Å²) < 4.78 is 9.67. The Morgan fingerprint density at radius 2 is 1.91 bits per heavy atom. The summed E-state index contributed by atoms with van der Waals surface area (Å²) >= 11 is 0. The Kier molecular flexibility index (Phi) is 4.93. The quantitative estimate of drug-likeness (QED) is 0.351. The summed E-state index contributed by atoms with van der Waals surface area (Å²) in [7, 11) is 1.59. The normalized spacial score (nSPS) is 10.5. The number of methoxy groups -OCH3 is 1. The van der Waals surface area contributed by atoms with Crippen LogP contribution < -0.4 is 0 Å². The van der Waals surface area contributed by atoms with Crippen LogP contribution in [0.5, 0.6) is 0 Å². The minimum absolute atomic E-state index is 0.0659. The third-order valence-electron chi connectivity index (χ3n) is 0.839. The average Bonchev–Trinajstić information content (AvgIpc) is 1.85. The molecule has 0 atom stereocenters. The van der Waals surface area contributed by atoms with Crippen molar-refractivity contribution in [2.45, 2.75) is 20.8 Å². The molecule has 0 aromatic rings. The summed E-state index contributed by atoms with van der Waals surface area (Å²) in [5.74, 6) is 5.96. The molecule has 0 aromatic heterocycles. The van der Waals surface area contributed by atoms with E-state index in [1.165, 1.54) is 0 Å². The van der Waals surface area contributed by atoms with Crippen LogP contribution >= 0.6 is 0 Å². The molecule has 64 valence electrons. The zero-order chi connectivity index (χ0) is 8.74. The molecule has 0 bridgehead atoms. The van der Waals surface area contributed by atoms with Crippen LogP contribution in [-0.4, -0.2) is 20.5 Å². The van der Waals surface area contributed by atoms with Gasteiger partial charge in [-0.2, -0.15) is 0 Å². The summed E-state index contributed by atoms with van der Waals surface area (Å²) in [6, 6.07) is 0. The number of ether oxygens (including phenoxy) is 2. The zero-order valence-corrected chi connectivity index (χ0v) is 7.73. The van der Waals surface area contributed by atoms with Gasteiger partial charge < -0.3 is 9.47 Å². The SMILES string of the molecule is COCOCC#CC(C)(C)C. The molecular weight excluding hydrogens is 140 g/mol. The molecule has 0 aromatic carbocycles. The molecule has 11 heavy (non-hydrogen) atoms. The Hall–Kier alpha value is -0.520. The predicted octanol–water partition coefficient (Wildman–Crippen LogP) is 1.66. The largest absolute Gasteiger partial charge is 0.359 e. The van der Waals surface area contributed by atoms with Gasteiger partial charge >= 0.3 is 0 Å². The second-order valence-corrected chi connectivity index (χ2v) is 3.31. The van der Waals surface area contributed by atoms with Crippen LogP contribution in [0.2, 0.25) is 0 Å². The lowest BCUT2D eigenvalue weighted by molar-refractivity contribution is -0.0166. The van der Waals surface area contributed by atoms with Gasteiger partial charge in [0.05, 0.1) is 0 Å². The topological polar surface area (TPSA) is 18.5 Å². The molecule has 0 aliphatic rings. The Balaban J connectivity index is 3.41. The highest BCUT2D eigenvalue weighted by Crippen LogP contribution is 2.09. The van der Waals surface area contributed by atoms with E-state index >= 15 is 0 Å². The van der Waals surface area contributed by atoms with Gasteiger partial charge in [-0.1, -0.05) is 11.8 Å². The summed E-state index contributed by atoms with van der Waals surface area (Å²) in [5.41, 5.74) is 0.0659. The van der Waals surface area contributed by atoms with E-state index in [1.807, 2.05) is 0 Å². The van der Waals surface area contributed by atoms with Crippen molar-refractivity contribution >= 4 is 0 Å². The van der Waals surface area contributed by atoms with Gasteiger partial charge in [-0.25, -0.2) is 0 Å². The van der Waals surface area contributed by atoms with Crippen LogP contribution in [-0.2, 0) is 9.47 Å². The van der Waals surface area contributed by atoms with Crippen LogP contribution in [0.3, 0.4) is 0 Å². The molecule has 0 aliphatic heterocycles. The van der Waals surface area contributed by atoms with Gasteiger partial charge in [0.2, 0.25) is 0 Å². The van der Waals surface area contributed by atoms with E-state index in [2.05, 4.69) is 37.3 Å². The maximum absolute atomic E-state index is 4.98. The molecule has 0 radical (unpaired) electrons. The highest BCUT2D eigenvalue weighted by atomic mass is 16.7. The molecule has 0 saturated heterocycles. The van der Waals surface area contributed by atoms with Crippen LogP contribution in [0.1, 0.15) is 20.8 Å². The molecule has 0 unspecified atom stereocenters. The van der Waals surface area contributed by atoms with Crippen LogP contribution in [0.15, 0.2) is 0 Å². The van der Waals surface area contributed by atoms with Gasteiger partial charge in [0.1, 0.15) is 13.4 Å². The van der Waals surface area contributed by atoms with E-state index in [-0.39, 0.29) is 5.41 Å². The molecule has 0 fully saturated rings. The van der Waals surface area contributed by atoms with Crippen molar-refractivity contribution in [2.24, 2.45) is 5.41 Å². The third-order valence-corrected chi connectivity index (χ3v) is 0.839. The maximum Gasteiger partial charge on any atom is 0.147 e. The average molecular weight is 156 g/mol. The van der Waals surface area contributed by atoms with Crippen molar-refractivity contribution in [1.29, 1.82) is 0 Å². The standard InChI is InChI=1S/C9H16O2/c1-9(2,3)6-5-7-11-8-10-4/h7-8H2,1-4H3. The maximum atomic E-state index is 4.98. The number of hydrogen-bond donors (Lipinski definition) is 0. The van der Waals surface area contributed by atoms with Gasteiger partial charge in [-0.15, -0.1) is 0 Å². The first-order valence-corrected chi connectivity index (χ1v) is 3.63. The minimum Gasteiger partial charge on any atom is -0.359 e. The molecule has 0 spiro atoms. The van der Waals surface area contributed by atoms with Crippen LogP contribution in [0, 0.1) is 17.3 Å². The van der Waals surface area contributed by atoms with Gasteiger partial charge in [-0.05, 0) is 20.8 Å². The minimum atomic E-state index is 0.0659. The van der Waals surface area contributed by atoms with Crippen molar-refractivity contribution < 1.29 is 9.47 Å². The van der Waals surface area contributed by atoms with E-state index < -0.39 is 0 Å². The van der Waals surface area contributed by atoms with Gasteiger partial charge in [0.25, 0.3) is 0 Å². The lowest BCUT2D eigenvalue weighted by atomic mass is 9.98. The molecular formula is C9H16O2. The van der Waals surface area contributed by atoms with Crippen LogP contribution in [0.4, 0.5) is 0 Å². The first kappa shape index (κ1) is 10.5. The van der Waals surface area contributed by atoms with E-state index in [0.717, 1.165) is 0 Å². The first-order chi connectivity index (χ1) is 5.06. The lowest BCUT2D eigenvalue weighted by Gasteiger charge is -2.06. The molecule has 0 amide bonds. The van der Waals surface area contributed by atoms with Crippen molar-refractivity contribution in [1.82, 2.24) is 0 Å². The zero-order valence-electron chi connectivity index (χ0n) is 7.73. The molecule has 0 heterocycles. The van der Waals surface area contributed by atoms with E-state index in [0.29, 0.717) is 13.4 Å². The van der Waals surface area contributed by atoms with Crippen molar-refractivity contribution in [3.8, 4) is 11.8 Å². The summed E-state index contributed by atoms with van der Waals surface area (Å²) in [5, 5.41) is 0. The van der Waals surface area contributed by atoms with Gasteiger partial charge in [-0.3, -0.25) is 0 Å². The van der Waals surface area contributed by atoms with Crippen LogP contribution in [0.25, 0.3) is 0 Å². The Labute approximate surface area is 68.9 Å². The smallest absolute Gasteiger partial charge is 0.147 e. The fraction of sp³-hybridized carbons (Fsp3) is 0.778. The van der Waals surface area contributed by atoms with Gasteiger partial charge in [0.15, 0.2) is 0 Å². The summed E-state index contributed by atoms with van der Waals surface area (Å²) in [4.78, 5) is 0. The second kappa shape index (κ2) is 5.17. The number of hydrogen-bond acceptors (Lipinski definition) is 2. The summed E-state index contributed by atoms with van der Waals surface area (Å²) in [6.07, 6.45) is 0. The predicted molar refractivity (Wildman–Crippen MR) is 45.1 cm³/mol. The highest BCUT2D eigenvalue weighted by Gasteiger charge is 2.02. The molecule has 0 rings (SSSR count). The fourth-order valence-electron chi connectivity index (χ4n) is 0.477. The molecule has 0 saturated carbocycles. The number of rotatable bonds is 3. The molecule has 2 nitrogen and oxygen atoms in total. The Morgan fingerprint density at radius 3 is 2.36 bits per heavy atom. The van der Waals surface area contributed by atoms with Crippen molar-refractivity contribution in [3.63, 3.8) is 0 Å². The lowest BCUT2D eigenvalue weighted by Crippen LogP contribution is -2.01. The van der Waals surface area contributed by atoms with E-state index in [4.69, 9.17) is 4.74 Å². The Morgan fingerprint density at radius 1 is 1.27 bits per heavy atom. The molecule has 2 heteroatoms. The molecule has 0 N–H and O–H groups in total. The Bertz CT molecular complexity index is 145. The summed E-state index contributed by atoms with van der Waals surface area (Å²) in [6.45, 7) is 6.97. The highest BCUT2D eigenvalue weighted by molar-refractivity contribution is 5.07. The van der Waals surface area contributed by atoms with Gasteiger partial charge in [0, 0.05) is 12.5 Å². The fourth-order valence-corrected chi connectivity index (χ4v) is 0.477. The monoisotopic (exact) mass is 156 g/mol. The third kappa shape index (κ3) is 9.48. The first-order valence-electron chi connectivity index (χ1n) is 3.63. The van der Waals surface area contributed by atoms with E-state index in [1.54, 1.807) is 7.11 Å². The van der Waals surface area contributed by atoms with Crippen molar-refractivity contribution in [2.75, 3.05) is 20.5 Å². The molecule has 0 aliphatic carbocycles. The van der Waals surface area contributed by atoms with E-state index in [9.17, 15) is 0 Å².